The van der Waals surface area contributed by atoms with E-state index >= 15 is 0 Å². The highest BCUT2D eigenvalue weighted by Gasteiger charge is 2.33. The predicted molar refractivity (Wildman–Crippen MR) is 152 cm³/mol. The molecule has 40 heavy (non-hydrogen) atoms. The van der Waals surface area contributed by atoms with Gasteiger partial charge in [-0.25, -0.2) is 14.6 Å². The van der Waals surface area contributed by atoms with Crippen LogP contribution in [0.4, 0.5) is 0 Å². The maximum absolute atomic E-state index is 13.8. The Balaban J connectivity index is 1.58. The highest BCUT2D eigenvalue weighted by Crippen LogP contribution is 2.31. The number of allylic oxidation sites excluding steroid dienone is 1. The number of furan rings is 1. The molecule has 0 saturated heterocycles. The van der Waals surface area contributed by atoms with Gasteiger partial charge < -0.3 is 13.9 Å². The normalized spacial score (nSPS) is 15.0. The zero-order valence-corrected chi connectivity index (χ0v) is 23.6. The van der Waals surface area contributed by atoms with Crippen LogP contribution in [0.5, 0.6) is 0 Å². The summed E-state index contributed by atoms with van der Waals surface area (Å²) in [5, 5.41) is 0. The van der Waals surface area contributed by atoms with E-state index in [1.54, 1.807) is 48.8 Å². The minimum atomic E-state index is -0.666. The summed E-state index contributed by atoms with van der Waals surface area (Å²) in [6.45, 7) is 7.59. The van der Waals surface area contributed by atoms with Gasteiger partial charge in [0.05, 0.1) is 41.1 Å². The summed E-state index contributed by atoms with van der Waals surface area (Å²) in [7, 11) is 1.34. The van der Waals surface area contributed by atoms with Crippen LogP contribution in [0.3, 0.4) is 0 Å². The molecule has 1 aliphatic heterocycles. The maximum atomic E-state index is 13.8. The number of esters is 2. The van der Waals surface area contributed by atoms with Gasteiger partial charge in [-0.2, -0.15) is 0 Å². The number of aromatic nitrogens is 1. The van der Waals surface area contributed by atoms with Crippen LogP contribution in [0.25, 0.3) is 17.4 Å². The first-order valence-electron chi connectivity index (χ1n) is 12.8. The minimum absolute atomic E-state index is 0.215. The first-order chi connectivity index (χ1) is 19.2. The lowest BCUT2D eigenvalue weighted by molar-refractivity contribution is -0.139. The van der Waals surface area contributed by atoms with Gasteiger partial charge in [0.15, 0.2) is 4.80 Å². The van der Waals surface area contributed by atoms with Crippen LogP contribution in [0.1, 0.15) is 52.7 Å². The fourth-order valence-corrected chi connectivity index (χ4v) is 5.77. The minimum Gasteiger partial charge on any atom is -0.465 e. The van der Waals surface area contributed by atoms with E-state index in [9.17, 15) is 14.4 Å². The van der Waals surface area contributed by atoms with Crippen LogP contribution in [0.2, 0.25) is 0 Å². The highest BCUT2D eigenvalue weighted by molar-refractivity contribution is 7.07. The Bertz CT molecular complexity index is 1840. The molecular weight excluding hydrogens is 528 g/mol. The number of carbonyl (C=O) groups excluding carboxylic acids is 2. The number of hydrogen-bond acceptors (Lipinski definition) is 8. The van der Waals surface area contributed by atoms with Crippen molar-refractivity contribution in [1.82, 2.24) is 4.57 Å². The van der Waals surface area contributed by atoms with Gasteiger partial charge in [-0.3, -0.25) is 9.36 Å². The molecule has 2 aromatic heterocycles. The zero-order chi connectivity index (χ0) is 28.6. The smallest absolute Gasteiger partial charge is 0.338 e. The largest absolute Gasteiger partial charge is 0.465 e. The number of ether oxygens (including phenoxy) is 2. The zero-order valence-electron chi connectivity index (χ0n) is 22.8. The van der Waals surface area contributed by atoms with Gasteiger partial charge in [0.1, 0.15) is 11.5 Å². The Morgan fingerprint density at radius 3 is 2.48 bits per heavy atom. The van der Waals surface area contributed by atoms with Crippen molar-refractivity contribution in [3.05, 3.63) is 114 Å². The Kier molecular flexibility index (Phi) is 7.40. The van der Waals surface area contributed by atoms with Crippen molar-refractivity contribution < 1.29 is 23.5 Å². The van der Waals surface area contributed by atoms with Gasteiger partial charge in [0.25, 0.3) is 5.56 Å². The number of fused-ring (bicyclic) bond motifs is 1. The first kappa shape index (κ1) is 27.1. The van der Waals surface area contributed by atoms with E-state index in [0.717, 1.165) is 22.3 Å². The monoisotopic (exact) mass is 556 g/mol. The lowest BCUT2D eigenvalue weighted by Gasteiger charge is -2.24. The number of rotatable bonds is 6. The molecule has 3 heterocycles. The van der Waals surface area contributed by atoms with Gasteiger partial charge in [-0.05, 0) is 63.1 Å². The van der Waals surface area contributed by atoms with Crippen LogP contribution in [-0.2, 0) is 14.3 Å². The Labute approximate surface area is 234 Å². The van der Waals surface area contributed by atoms with Crippen LogP contribution in [0.15, 0.2) is 80.1 Å². The molecule has 9 heteroatoms. The molecule has 0 amide bonds. The maximum Gasteiger partial charge on any atom is 0.338 e. The van der Waals surface area contributed by atoms with Crippen LogP contribution in [-0.4, -0.2) is 30.2 Å². The molecule has 0 saturated carbocycles. The van der Waals surface area contributed by atoms with Gasteiger partial charge in [0.2, 0.25) is 0 Å². The third kappa shape index (κ3) is 4.96. The Morgan fingerprint density at radius 1 is 1.05 bits per heavy atom. The average Bonchev–Trinajstić information content (AvgIpc) is 3.52. The van der Waals surface area contributed by atoms with Crippen LogP contribution in [0, 0.1) is 13.8 Å². The van der Waals surface area contributed by atoms with Crippen LogP contribution < -0.4 is 14.9 Å². The standard InChI is InChI=1S/C31H28N2O6S/c1-6-38-30(36)26-19(4)32-31-33(27(26)20-9-7-17(2)8-10-20)28(34)25(40-31)16-22-12-14-24(39-22)23-13-11-21(15-18(23)3)29(35)37-5/h7-16,27H,6H2,1-5H3/b25-16+/t27-/m1/s1. The number of methoxy groups -OCH3 is 1. The van der Waals surface area contributed by atoms with E-state index in [1.165, 1.54) is 18.4 Å². The number of nitrogens with zero attached hydrogens (tertiary/aromatic N) is 2. The van der Waals surface area contributed by atoms with E-state index in [2.05, 4.69) is 4.99 Å². The van der Waals surface area contributed by atoms with E-state index < -0.39 is 18.0 Å². The molecule has 0 radical (unpaired) electrons. The number of aryl methyl sites for hydroxylation is 2. The van der Waals surface area contributed by atoms with Crippen molar-refractivity contribution in [3.63, 3.8) is 0 Å². The summed E-state index contributed by atoms with van der Waals surface area (Å²) < 4.78 is 18.2. The van der Waals surface area contributed by atoms with E-state index in [-0.39, 0.29) is 12.2 Å². The lowest BCUT2D eigenvalue weighted by Crippen LogP contribution is -2.39. The summed E-state index contributed by atoms with van der Waals surface area (Å²) in [6.07, 6.45) is 1.68. The van der Waals surface area contributed by atoms with Crippen molar-refractivity contribution in [2.75, 3.05) is 13.7 Å². The molecular formula is C31H28N2O6S. The fraction of sp³-hybridized carbons (Fsp3) is 0.226. The molecule has 5 rings (SSSR count). The molecule has 2 aromatic carbocycles. The third-order valence-corrected chi connectivity index (χ3v) is 7.71. The van der Waals surface area contributed by atoms with Gasteiger partial charge in [0, 0.05) is 11.6 Å². The molecule has 0 fully saturated rings. The second-order valence-electron chi connectivity index (χ2n) is 9.44. The molecule has 0 bridgehead atoms. The molecule has 4 aromatic rings. The van der Waals surface area contributed by atoms with Crippen LogP contribution >= 0.6 is 11.3 Å². The summed E-state index contributed by atoms with van der Waals surface area (Å²) in [5.41, 5.74) is 4.57. The van der Waals surface area contributed by atoms with Crippen molar-refractivity contribution in [2.24, 2.45) is 4.99 Å². The number of hydrogen-bond donors (Lipinski definition) is 0. The number of thiazole rings is 1. The van der Waals surface area contributed by atoms with E-state index in [0.29, 0.717) is 37.7 Å². The molecule has 204 valence electrons. The van der Waals surface area contributed by atoms with E-state index in [1.807, 2.05) is 44.2 Å². The summed E-state index contributed by atoms with van der Waals surface area (Å²) >= 11 is 1.24. The number of carbonyl (C=O) groups is 2. The fourth-order valence-electron chi connectivity index (χ4n) is 4.74. The molecule has 0 aliphatic carbocycles. The Hall–Kier alpha value is -4.50. The highest BCUT2D eigenvalue weighted by atomic mass is 32.1. The predicted octanol–water partition coefficient (Wildman–Crippen LogP) is 4.46. The quantitative estimate of drug-likeness (QED) is 0.325. The second kappa shape index (κ2) is 10.9. The van der Waals surface area contributed by atoms with Crippen molar-refractivity contribution in [3.8, 4) is 11.3 Å². The average molecular weight is 557 g/mol. The molecule has 1 atom stereocenters. The second-order valence-corrected chi connectivity index (χ2v) is 10.4. The number of benzene rings is 2. The molecule has 0 unspecified atom stereocenters. The van der Waals surface area contributed by atoms with Gasteiger partial charge in [-0.15, -0.1) is 0 Å². The van der Waals surface area contributed by atoms with Crippen molar-refractivity contribution in [2.45, 2.75) is 33.7 Å². The summed E-state index contributed by atoms with van der Waals surface area (Å²) in [4.78, 5) is 43.8. The first-order valence-corrected chi connectivity index (χ1v) is 13.6. The molecule has 8 nitrogen and oxygen atoms in total. The SMILES string of the molecule is CCOC(=O)C1=C(C)N=c2s/c(=C/c3ccc(-c4ccc(C(=O)OC)cc4C)o3)c(=O)n2[C@@H]1c1ccc(C)cc1. The van der Waals surface area contributed by atoms with Gasteiger partial charge in [-0.1, -0.05) is 47.2 Å². The van der Waals surface area contributed by atoms with E-state index in [4.69, 9.17) is 13.9 Å². The van der Waals surface area contributed by atoms with Crippen molar-refractivity contribution >= 4 is 29.4 Å². The molecule has 0 N–H and O–H groups in total. The molecule has 1 aliphatic rings. The lowest BCUT2D eigenvalue weighted by atomic mass is 9.95. The third-order valence-electron chi connectivity index (χ3n) is 6.72. The Morgan fingerprint density at radius 2 is 1.80 bits per heavy atom. The summed E-state index contributed by atoms with van der Waals surface area (Å²) in [6, 6.07) is 15.9. The van der Waals surface area contributed by atoms with Gasteiger partial charge >= 0.3 is 11.9 Å². The molecule has 0 spiro atoms. The topological polar surface area (TPSA) is 100 Å². The van der Waals surface area contributed by atoms with Crippen molar-refractivity contribution in [1.29, 1.82) is 0 Å². The summed E-state index contributed by atoms with van der Waals surface area (Å²) in [5.74, 6) is 0.194.